The summed E-state index contributed by atoms with van der Waals surface area (Å²) < 4.78 is 2.61. The summed E-state index contributed by atoms with van der Waals surface area (Å²) >= 11 is 1.91. The number of fused-ring (bicyclic) bond motifs is 8. The van der Waals surface area contributed by atoms with Gasteiger partial charge in [-0.15, -0.1) is 11.3 Å². The van der Waals surface area contributed by atoms with Crippen molar-refractivity contribution in [1.29, 1.82) is 0 Å². The summed E-state index contributed by atoms with van der Waals surface area (Å²) in [5.74, 6) is 0. The maximum absolute atomic E-state index is 2.50. The Morgan fingerprint density at radius 2 is 1.00 bits per heavy atom. The topological polar surface area (TPSA) is 3.24 Å². The molecule has 1 aromatic heterocycles. The van der Waals surface area contributed by atoms with E-state index in [1.807, 2.05) is 11.3 Å². The first-order chi connectivity index (χ1) is 28.9. The SMILES string of the molecule is CC(C)(C)c1ccc(-c2ccc(N(c3ccc4c(c3)C(c3ccccc3)(c3ccccc3)c3ccccc3-4)c3cccc4c3sc3c5ccccc5ccc43)cc2)cc1. The van der Waals surface area contributed by atoms with E-state index in [1.165, 1.54) is 86.7 Å². The van der Waals surface area contributed by atoms with Crippen LogP contribution in [0.2, 0.25) is 0 Å². The van der Waals surface area contributed by atoms with E-state index in [4.69, 9.17) is 0 Å². The predicted octanol–water partition coefficient (Wildman–Crippen LogP) is 16.0. The van der Waals surface area contributed by atoms with Gasteiger partial charge in [-0.2, -0.15) is 0 Å². The molecule has 0 radical (unpaired) electrons. The van der Waals surface area contributed by atoms with Gasteiger partial charge in [0.15, 0.2) is 0 Å². The quantitative estimate of drug-likeness (QED) is 0.163. The monoisotopic (exact) mass is 773 g/mol. The van der Waals surface area contributed by atoms with Gasteiger partial charge >= 0.3 is 0 Å². The van der Waals surface area contributed by atoms with Gasteiger partial charge in [0, 0.05) is 26.8 Å². The highest BCUT2D eigenvalue weighted by molar-refractivity contribution is 7.27. The standard InChI is InChI=1S/C57H43NS/c1-56(2,3)41-30-25-38(26-31-41)39-27-32-44(33-28-39)58(53-24-14-22-49-50-35-29-40-15-10-11-20-46(40)54(50)59-55(49)53)45-34-36-48-47-21-12-13-23-51(47)57(52(48)37-45,42-16-6-4-7-17-42)43-18-8-5-9-19-43/h4-37H,1-3H3. The molecule has 10 aromatic rings. The zero-order chi connectivity index (χ0) is 39.7. The number of rotatable bonds is 6. The molecule has 1 aliphatic carbocycles. The van der Waals surface area contributed by atoms with Crippen LogP contribution >= 0.6 is 11.3 Å². The first kappa shape index (κ1) is 35.4. The Morgan fingerprint density at radius 3 is 1.71 bits per heavy atom. The van der Waals surface area contributed by atoms with Gasteiger partial charge in [0.2, 0.25) is 0 Å². The third-order valence-corrected chi connectivity index (χ3v) is 13.8. The molecule has 282 valence electrons. The van der Waals surface area contributed by atoms with Gasteiger partial charge in [0.05, 0.1) is 15.8 Å². The van der Waals surface area contributed by atoms with Gasteiger partial charge in [-0.05, 0) is 96.6 Å². The van der Waals surface area contributed by atoms with Crippen LogP contribution in [0, 0.1) is 0 Å². The van der Waals surface area contributed by atoms with Crippen molar-refractivity contribution in [3.05, 3.63) is 234 Å². The molecule has 0 saturated carbocycles. The molecule has 1 aliphatic rings. The average Bonchev–Trinajstić information content (AvgIpc) is 3.82. The van der Waals surface area contributed by atoms with Crippen LogP contribution in [0.15, 0.2) is 206 Å². The lowest BCUT2D eigenvalue weighted by atomic mass is 9.67. The van der Waals surface area contributed by atoms with E-state index >= 15 is 0 Å². The van der Waals surface area contributed by atoms with Crippen LogP contribution in [0.3, 0.4) is 0 Å². The first-order valence-corrected chi connectivity index (χ1v) is 21.4. The van der Waals surface area contributed by atoms with Crippen molar-refractivity contribution in [2.45, 2.75) is 31.6 Å². The Labute approximate surface area is 350 Å². The van der Waals surface area contributed by atoms with Crippen LogP contribution in [-0.2, 0) is 10.8 Å². The molecular formula is C57H43NS. The highest BCUT2D eigenvalue weighted by Crippen LogP contribution is 2.57. The molecule has 2 heteroatoms. The minimum Gasteiger partial charge on any atom is -0.309 e. The van der Waals surface area contributed by atoms with Crippen molar-refractivity contribution < 1.29 is 0 Å². The van der Waals surface area contributed by atoms with Crippen LogP contribution in [0.5, 0.6) is 0 Å². The first-order valence-electron chi connectivity index (χ1n) is 20.6. The minimum absolute atomic E-state index is 0.110. The summed E-state index contributed by atoms with van der Waals surface area (Å²) in [6, 6.07) is 76.8. The number of hydrogen-bond acceptors (Lipinski definition) is 2. The molecule has 9 aromatic carbocycles. The fraction of sp³-hybridized carbons (Fsp3) is 0.0877. The summed E-state index contributed by atoms with van der Waals surface area (Å²) in [7, 11) is 0. The second-order valence-corrected chi connectivity index (χ2v) is 17.9. The molecular weight excluding hydrogens is 731 g/mol. The third-order valence-electron chi connectivity index (χ3n) is 12.5. The van der Waals surface area contributed by atoms with Crippen LogP contribution in [0.25, 0.3) is 53.2 Å². The molecule has 0 saturated heterocycles. The highest BCUT2D eigenvalue weighted by Gasteiger charge is 2.46. The summed E-state index contributed by atoms with van der Waals surface area (Å²) in [6.07, 6.45) is 0. The number of anilines is 3. The molecule has 0 spiro atoms. The predicted molar refractivity (Wildman–Crippen MR) is 253 cm³/mol. The molecule has 0 fully saturated rings. The molecule has 0 N–H and O–H groups in total. The Kier molecular flexibility index (Phi) is 8.22. The van der Waals surface area contributed by atoms with Gasteiger partial charge in [-0.25, -0.2) is 0 Å². The minimum atomic E-state index is -0.498. The van der Waals surface area contributed by atoms with Crippen molar-refractivity contribution >= 4 is 59.3 Å². The van der Waals surface area contributed by atoms with E-state index in [9.17, 15) is 0 Å². The van der Waals surface area contributed by atoms with Crippen LogP contribution < -0.4 is 4.90 Å². The molecule has 0 atom stereocenters. The summed E-state index contributed by atoms with van der Waals surface area (Å²) in [4.78, 5) is 2.50. The highest BCUT2D eigenvalue weighted by atomic mass is 32.1. The van der Waals surface area contributed by atoms with Crippen LogP contribution in [0.1, 0.15) is 48.6 Å². The Bertz CT molecular complexity index is 3130. The second kappa shape index (κ2) is 13.7. The Morgan fingerprint density at radius 1 is 0.424 bits per heavy atom. The Balaban J connectivity index is 1.16. The smallest absolute Gasteiger partial charge is 0.0714 e. The zero-order valence-electron chi connectivity index (χ0n) is 33.5. The van der Waals surface area contributed by atoms with Crippen molar-refractivity contribution in [2.24, 2.45) is 0 Å². The fourth-order valence-corrected chi connectivity index (χ4v) is 11.0. The number of hydrogen-bond donors (Lipinski definition) is 0. The maximum Gasteiger partial charge on any atom is 0.0714 e. The Hall–Kier alpha value is -6.74. The summed E-state index contributed by atoms with van der Waals surface area (Å²) in [5, 5.41) is 5.16. The average molecular weight is 774 g/mol. The van der Waals surface area contributed by atoms with E-state index in [-0.39, 0.29) is 5.41 Å². The normalized spacial score (nSPS) is 13.1. The van der Waals surface area contributed by atoms with Crippen LogP contribution in [0.4, 0.5) is 17.1 Å². The maximum atomic E-state index is 2.50. The van der Waals surface area contributed by atoms with Gasteiger partial charge in [-0.1, -0.05) is 197 Å². The molecule has 0 unspecified atom stereocenters. The molecule has 1 nitrogen and oxygen atoms in total. The third kappa shape index (κ3) is 5.58. The van der Waals surface area contributed by atoms with E-state index < -0.39 is 5.41 Å². The number of thiophene rings is 1. The zero-order valence-corrected chi connectivity index (χ0v) is 34.3. The largest absolute Gasteiger partial charge is 0.309 e. The van der Waals surface area contributed by atoms with E-state index in [2.05, 4.69) is 232 Å². The van der Waals surface area contributed by atoms with E-state index in [1.54, 1.807) is 0 Å². The molecule has 0 bridgehead atoms. The molecule has 11 rings (SSSR count). The fourth-order valence-electron chi connectivity index (χ4n) is 9.65. The van der Waals surface area contributed by atoms with Crippen LogP contribution in [-0.4, -0.2) is 0 Å². The van der Waals surface area contributed by atoms with Gasteiger partial charge in [-0.3, -0.25) is 0 Å². The molecule has 0 amide bonds. The number of nitrogens with zero attached hydrogens (tertiary/aromatic N) is 1. The van der Waals surface area contributed by atoms with Crippen molar-refractivity contribution in [3.63, 3.8) is 0 Å². The van der Waals surface area contributed by atoms with Gasteiger partial charge in [0.25, 0.3) is 0 Å². The molecule has 0 aliphatic heterocycles. The lowest BCUT2D eigenvalue weighted by Gasteiger charge is -2.35. The van der Waals surface area contributed by atoms with Crippen molar-refractivity contribution in [1.82, 2.24) is 0 Å². The summed E-state index contributed by atoms with van der Waals surface area (Å²) in [5.41, 5.74) is 14.5. The van der Waals surface area contributed by atoms with Gasteiger partial charge in [0.1, 0.15) is 0 Å². The van der Waals surface area contributed by atoms with E-state index in [0.717, 1.165) is 11.4 Å². The van der Waals surface area contributed by atoms with Crippen molar-refractivity contribution in [3.8, 4) is 22.3 Å². The van der Waals surface area contributed by atoms with E-state index in [0.29, 0.717) is 0 Å². The molecule has 59 heavy (non-hydrogen) atoms. The lowest BCUT2D eigenvalue weighted by Crippen LogP contribution is -2.28. The second-order valence-electron chi connectivity index (χ2n) is 16.9. The van der Waals surface area contributed by atoms with Crippen molar-refractivity contribution in [2.75, 3.05) is 4.90 Å². The summed E-state index contributed by atoms with van der Waals surface area (Å²) in [6.45, 7) is 6.81. The lowest BCUT2D eigenvalue weighted by molar-refractivity contribution is 0.590. The molecule has 1 heterocycles. The van der Waals surface area contributed by atoms with Gasteiger partial charge < -0.3 is 4.90 Å². The number of benzene rings is 9.